The summed E-state index contributed by atoms with van der Waals surface area (Å²) in [4.78, 5) is 64.9. The van der Waals surface area contributed by atoms with E-state index < -0.39 is 41.4 Å². The summed E-state index contributed by atoms with van der Waals surface area (Å²) in [7, 11) is 0. The van der Waals surface area contributed by atoms with Crippen LogP contribution in [0.15, 0.2) is 60.7 Å². The number of hydrogen-bond donors (Lipinski definition) is 4. The molecule has 5 heterocycles. The summed E-state index contributed by atoms with van der Waals surface area (Å²) < 4.78 is 40.3. The number of hydrogen-bond acceptors (Lipinski definition) is 15. The van der Waals surface area contributed by atoms with Gasteiger partial charge in [0.1, 0.15) is 41.3 Å². The lowest BCUT2D eigenvalue weighted by Gasteiger charge is -2.34. The molecule has 4 aromatic carbocycles. The van der Waals surface area contributed by atoms with Crippen LogP contribution in [-0.2, 0) is 23.8 Å². The number of aromatic nitrogens is 2. The minimum Gasteiger partial charge on any atom is -0.508 e. The number of imide groups is 2. The van der Waals surface area contributed by atoms with Crippen LogP contribution in [0.5, 0.6) is 11.5 Å². The van der Waals surface area contributed by atoms with Gasteiger partial charge in [-0.05, 0) is 72.0 Å². The van der Waals surface area contributed by atoms with E-state index in [1.807, 2.05) is 24.3 Å². The normalized spacial score (nSPS) is 18.7. The lowest BCUT2D eigenvalue weighted by Crippen LogP contribution is -2.54. The number of likely N-dealkylation sites (tertiary alicyclic amines) is 1. The van der Waals surface area contributed by atoms with Gasteiger partial charge in [0.05, 0.1) is 67.8 Å². The van der Waals surface area contributed by atoms with Crippen molar-refractivity contribution in [3.05, 3.63) is 88.5 Å². The Bertz CT molecular complexity index is 2710. The summed E-state index contributed by atoms with van der Waals surface area (Å²) in [6, 6.07) is 15.8. The minimum atomic E-state index is -1.03. The number of benzene rings is 4. The fraction of sp³-hybridized carbons (Fsp3) is 0.429. The highest BCUT2D eigenvalue weighted by molar-refractivity contribution is 6.35. The lowest BCUT2D eigenvalue weighted by atomic mass is 9.96. The molecule has 5 aromatic rings. The van der Waals surface area contributed by atoms with Crippen LogP contribution in [-0.4, -0.2) is 158 Å². The number of nitrogens with one attached hydrogen (secondary N) is 2. The summed E-state index contributed by atoms with van der Waals surface area (Å²) >= 11 is 6.90. The molecule has 3 fully saturated rings. The van der Waals surface area contributed by atoms with Gasteiger partial charge in [0, 0.05) is 63.2 Å². The summed E-state index contributed by atoms with van der Waals surface area (Å²) in [5.41, 5.74) is 1.03. The second kappa shape index (κ2) is 21.2. The van der Waals surface area contributed by atoms with Crippen LogP contribution in [0.3, 0.4) is 0 Å². The molecular formula is C49H53ClFN7O10. The summed E-state index contributed by atoms with van der Waals surface area (Å²) in [5, 5.41) is 29.1. The van der Waals surface area contributed by atoms with E-state index in [1.165, 1.54) is 18.2 Å². The molecule has 4 amide bonds. The predicted molar refractivity (Wildman–Crippen MR) is 250 cm³/mol. The first-order chi connectivity index (χ1) is 33.1. The maximum Gasteiger partial charge on any atom is 0.262 e. The largest absolute Gasteiger partial charge is 0.508 e. The van der Waals surface area contributed by atoms with Crippen LogP contribution in [0.1, 0.15) is 58.1 Å². The SMILES string of the molecule is O=C1CCC(N2C(=O)c3ccc(OCCOCCOCCOC4CCN(C[C@@H](CO)c5nc(N6CCNCC6)c6cc(Cl)c(-c7cc(O)cc8ccccc78)c(F)c6n5)CC4)cc3C2=O)C(=O)N1. The van der Waals surface area contributed by atoms with Crippen molar-refractivity contribution in [2.45, 2.75) is 43.7 Å². The van der Waals surface area contributed by atoms with Crippen molar-refractivity contribution < 1.29 is 52.7 Å². The van der Waals surface area contributed by atoms with Crippen molar-refractivity contribution >= 4 is 62.7 Å². The average molecular weight is 954 g/mol. The summed E-state index contributed by atoms with van der Waals surface area (Å²) in [5.74, 6) is -2.08. The van der Waals surface area contributed by atoms with Gasteiger partial charge in [-0.3, -0.25) is 29.4 Å². The zero-order valence-corrected chi connectivity index (χ0v) is 38.1. The van der Waals surface area contributed by atoms with Crippen LogP contribution >= 0.6 is 11.6 Å². The Hall–Kier alpha value is -5.86. The standard InChI is InChI=1S/C49H53ClFN7O10/c50-39-26-38-44(43(51)42(39)36-24-31(60)23-29-3-1-2-4-34(29)36)54-45(55-46(38)57-15-11-52-12-16-57)30(28-59)27-56-13-9-32(10-14-56)67-21-19-65-17-18-66-20-22-68-33-5-6-35-37(25-33)49(64)58(48(35)63)40-7-8-41(61)53-47(40)62/h1-6,23-26,30,32,40,52,59-60H,7-22,27-28H2,(H,53,61,62)/t30-,40?/m0/s1. The van der Waals surface area contributed by atoms with Crippen molar-refractivity contribution in [2.75, 3.05) is 97.0 Å². The van der Waals surface area contributed by atoms with Crippen molar-refractivity contribution in [1.82, 2.24) is 30.4 Å². The molecule has 2 atom stereocenters. The quantitative estimate of drug-likeness (QED) is 0.0709. The molecule has 0 saturated carbocycles. The molecule has 17 nitrogen and oxygen atoms in total. The zero-order valence-electron chi connectivity index (χ0n) is 37.4. The number of amides is 4. The number of ether oxygens (including phenoxy) is 4. The monoisotopic (exact) mass is 953 g/mol. The number of carbonyl (C=O) groups is 4. The van der Waals surface area contributed by atoms with E-state index >= 15 is 4.39 Å². The third-order valence-corrected chi connectivity index (χ3v) is 13.2. The Labute approximate surface area is 396 Å². The van der Waals surface area contributed by atoms with Crippen molar-refractivity contribution in [1.29, 1.82) is 0 Å². The predicted octanol–water partition coefficient (Wildman–Crippen LogP) is 4.43. The highest BCUT2D eigenvalue weighted by Gasteiger charge is 2.44. The number of aliphatic hydroxyl groups is 1. The number of fused-ring (bicyclic) bond motifs is 3. The molecular weight excluding hydrogens is 901 g/mol. The number of aromatic hydroxyl groups is 1. The maximum absolute atomic E-state index is 17.0. The molecule has 0 aliphatic carbocycles. The fourth-order valence-electron chi connectivity index (χ4n) is 9.39. The van der Waals surface area contributed by atoms with Crippen molar-refractivity contribution in [3.63, 3.8) is 0 Å². The van der Waals surface area contributed by atoms with Gasteiger partial charge in [0.25, 0.3) is 11.8 Å². The van der Waals surface area contributed by atoms with Crippen molar-refractivity contribution in [3.8, 4) is 22.6 Å². The smallest absolute Gasteiger partial charge is 0.262 e. The lowest BCUT2D eigenvalue weighted by molar-refractivity contribution is -0.136. The Morgan fingerprint density at radius 2 is 1.54 bits per heavy atom. The van der Waals surface area contributed by atoms with Gasteiger partial charge in [0.2, 0.25) is 11.8 Å². The van der Waals surface area contributed by atoms with E-state index in [2.05, 4.69) is 20.4 Å². The number of nitrogens with zero attached hydrogens (tertiary/aromatic N) is 5. The van der Waals surface area contributed by atoms with Gasteiger partial charge in [0.15, 0.2) is 5.82 Å². The molecule has 19 heteroatoms. The van der Waals surface area contributed by atoms with Crippen molar-refractivity contribution in [2.24, 2.45) is 0 Å². The maximum atomic E-state index is 17.0. The first-order valence-corrected chi connectivity index (χ1v) is 23.4. The van der Waals surface area contributed by atoms with Gasteiger partial charge < -0.3 is 44.3 Å². The molecule has 0 radical (unpaired) electrons. The second-order valence-corrected chi connectivity index (χ2v) is 17.7. The summed E-state index contributed by atoms with van der Waals surface area (Å²) in [6.45, 7) is 6.44. The number of halogens is 2. The second-order valence-electron chi connectivity index (χ2n) is 17.3. The van der Waals surface area contributed by atoms with E-state index in [0.29, 0.717) is 74.4 Å². The van der Waals surface area contributed by atoms with Crippen LogP contribution in [0, 0.1) is 5.82 Å². The van der Waals surface area contributed by atoms with Gasteiger partial charge in [-0.1, -0.05) is 35.9 Å². The van der Waals surface area contributed by atoms with E-state index in [-0.39, 0.29) is 71.7 Å². The Kier molecular flexibility index (Phi) is 14.7. The van der Waals surface area contributed by atoms with E-state index in [9.17, 15) is 29.4 Å². The first kappa shape index (κ1) is 47.2. The Morgan fingerprint density at radius 1 is 0.809 bits per heavy atom. The summed E-state index contributed by atoms with van der Waals surface area (Å²) in [6.07, 6.45) is 1.75. The fourth-order valence-corrected chi connectivity index (χ4v) is 9.68. The molecule has 358 valence electrons. The van der Waals surface area contributed by atoms with E-state index in [1.54, 1.807) is 18.2 Å². The van der Waals surface area contributed by atoms with Crippen LogP contribution < -0.4 is 20.3 Å². The number of anilines is 1. The van der Waals surface area contributed by atoms with E-state index in [4.69, 9.17) is 40.5 Å². The molecule has 1 unspecified atom stereocenters. The first-order valence-electron chi connectivity index (χ1n) is 23.0. The van der Waals surface area contributed by atoms with Gasteiger partial charge in [-0.25, -0.2) is 14.4 Å². The molecule has 4 N–H and O–H groups in total. The molecule has 3 saturated heterocycles. The third-order valence-electron chi connectivity index (χ3n) is 12.9. The van der Waals surface area contributed by atoms with Gasteiger partial charge >= 0.3 is 0 Å². The molecule has 4 aliphatic heterocycles. The third kappa shape index (κ3) is 10.1. The minimum absolute atomic E-state index is 0.00821. The number of aliphatic hydroxyl groups excluding tert-OH is 1. The van der Waals surface area contributed by atoms with Crippen LogP contribution in [0.2, 0.25) is 5.02 Å². The highest BCUT2D eigenvalue weighted by atomic mass is 35.5. The Morgan fingerprint density at radius 3 is 2.31 bits per heavy atom. The molecule has 9 rings (SSSR count). The van der Waals surface area contributed by atoms with Crippen LogP contribution in [0.25, 0.3) is 32.8 Å². The number of phenols is 1. The molecule has 0 spiro atoms. The van der Waals surface area contributed by atoms with Crippen LogP contribution in [0.4, 0.5) is 10.2 Å². The molecule has 68 heavy (non-hydrogen) atoms. The van der Waals surface area contributed by atoms with Gasteiger partial charge in [-0.2, -0.15) is 0 Å². The Balaban J connectivity index is 0.725. The van der Waals surface area contributed by atoms with E-state index in [0.717, 1.165) is 54.7 Å². The number of piperazine rings is 1. The zero-order chi connectivity index (χ0) is 47.3. The molecule has 4 aliphatic rings. The highest BCUT2D eigenvalue weighted by Crippen LogP contribution is 2.42. The molecule has 1 aromatic heterocycles. The average Bonchev–Trinajstić information content (AvgIpc) is 3.59. The van der Waals surface area contributed by atoms with Gasteiger partial charge in [-0.15, -0.1) is 0 Å². The number of piperidine rings is 2. The number of carbonyl (C=O) groups excluding carboxylic acids is 4. The number of phenolic OH excluding ortho intramolecular Hbond substituents is 1. The topological polar surface area (TPSA) is 205 Å². The molecule has 0 bridgehead atoms. The number of rotatable bonds is 18.